The Balaban J connectivity index is 2.37. The van der Waals surface area contributed by atoms with Gasteiger partial charge in [0.1, 0.15) is 0 Å². The fraction of sp³-hybridized carbons (Fsp3) is 0.154. The molecule has 0 N–H and O–H groups in total. The molecular formula is C13H10OS. The van der Waals surface area contributed by atoms with Gasteiger partial charge in [0.05, 0.1) is 4.88 Å². The van der Waals surface area contributed by atoms with Crippen molar-refractivity contribution in [3.05, 3.63) is 46.2 Å². The van der Waals surface area contributed by atoms with Crippen LogP contribution >= 0.6 is 11.3 Å². The fourth-order valence-corrected chi connectivity index (χ4v) is 3.11. The molecule has 1 aromatic carbocycles. The molecule has 0 saturated carbocycles. The van der Waals surface area contributed by atoms with Crippen molar-refractivity contribution < 1.29 is 4.79 Å². The van der Waals surface area contributed by atoms with Gasteiger partial charge >= 0.3 is 0 Å². The standard InChI is InChI=1S/C13H10OS/c1-8-9-4-2-3-5-10(9)11-6-7-15-13(11)12(8)14/h2-8H,1H3. The van der Waals surface area contributed by atoms with Crippen molar-refractivity contribution in [3.63, 3.8) is 0 Å². The van der Waals surface area contributed by atoms with Crippen molar-refractivity contribution in [2.75, 3.05) is 0 Å². The van der Waals surface area contributed by atoms with Crippen LogP contribution in [0.1, 0.15) is 28.1 Å². The molecule has 1 atom stereocenters. The van der Waals surface area contributed by atoms with Gasteiger partial charge in [0.25, 0.3) is 0 Å². The molecule has 15 heavy (non-hydrogen) atoms. The molecule has 3 rings (SSSR count). The number of hydrogen-bond acceptors (Lipinski definition) is 2. The van der Waals surface area contributed by atoms with Gasteiger partial charge in [-0.1, -0.05) is 31.2 Å². The summed E-state index contributed by atoms with van der Waals surface area (Å²) in [5.74, 6) is 0.269. The predicted molar refractivity (Wildman–Crippen MR) is 62.5 cm³/mol. The summed E-state index contributed by atoms with van der Waals surface area (Å²) in [6.07, 6.45) is 0. The first kappa shape index (κ1) is 8.86. The molecule has 0 fully saturated rings. The largest absolute Gasteiger partial charge is 0.293 e. The summed E-state index contributed by atoms with van der Waals surface area (Å²) in [7, 11) is 0. The molecule has 2 aromatic rings. The van der Waals surface area contributed by atoms with Gasteiger partial charge < -0.3 is 0 Å². The minimum absolute atomic E-state index is 0.00681. The van der Waals surface area contributed by atoms with Crippen molar-refractivity contribution >= 4 is 17.1 Å². The molecule has 0 amide bonds. The van der Waals surface area contributed by atoms with Crippen LogP contribution in [0, 0.1) is 0 Å². The first-order chi connectivity index (χ1) is 7.29. The summed E-state index contributed by atoms with van der Waals surface area (Å²) in [6.45, 7) is 1.99. The van der Waals surface area contributed by atoms with Crippen LogP contribution in [0.4, 0.5) is 0 Å². The maximum Gasteiger partial charge on any atom is 0.180 e. The van der Waals surface area contributed by atoms with E-state index in [-0.39, 0.29) is 11.7 Å². The third-order valence-corrected chi connectivity index (χ3v) is 3.93. The number of hydrogen-bond donors (Lipinski definition) is 0. The summed E-state index contributed by atoms with van der Waals surface area (Å²) in [6, 6.07) is 10.2. The van der Waals surface area contributed by atoms with Gasteiger partial charge in [0.15, 0.2) is 5.78 Å². The first-order valence-electron chi connectivity index (χ1n) is 5.00. The van der Waals surface area contributed by atoms with Gasteiger partial charge in [-0.3, -0.25) is 4.79 Å². The number of Topliss-reactive ketones (excluding diaryl/α,β-unsaturated/α-hetero) is 1. The number of fused-ring (bicyclic) bond motifs is 3. The zero-order valence-corrected chi connectivity index (χ0v) is 9.17. The van der Waals surface area contributed by atoms with Crippen molar-refractivity contribution in [3.8, 4) is 11.1 Å². The second kappa shape index (κ2) is 3.04. The highest BCUT2D eigenvalue weighted by Crippen LogP contribution is 2.41. The number of carbonyl (C=O) groups excluding carboxylic acids is 1. The number of ketones is 1. The summed E-state index contributed by atoms with van der Waals surface area (Å²) < 4.78 is 0. The Kier molecular flexibility index (Phi) is 1.80. The van der Waals surface area contributed by atoms with Crippen molar-refractivity contribution in [1.82, 2.24) is 0 Å². The molecule has 1 nitrogen and oxygen atoms in total. The number of benzene rings is 1. The molecule has 74 valence electrons. The molecule has 2 heteroatoms. The normalized spacial score (nSPS) is 18.5. The second-order valence-electron chi connectivity index (χ2n) is 3.84. The van der Waals surface area contributed by atoms with E-state index in [2.05, 4.69) is 12.1 Å². The average Bonchev–Trinajstić information content (AvgIpc) is 2.75. The minimum Gasteiger partial charge on any atom is -0.293 e. The first-order valence-corrected chi connectivity index (χ1v) is 5.88. The fourth-order valence-electron chi connectivity index (χ4n) is 2.17. The van der Waals surface area contributed by atoms with Crippen LogP contribution in [0.3, 0.4) is 0 Å². The van der Waals surface area contributed by atoms with Gasteiger partial charge in [0, 0.05) is 11.5 Å². The lowest BCUT2D eigenvalue weighted by Crippen LogP contribution is -2.14. The molecule has 1 aromatic heterocycles. The Hall–Kier alpha value is -1.41. The van der Waals surface area contributed by atoms with Gasteiger partial charge in [0.2, 0.25) is 0 Å². The summed E-state index contributed by atoms with van der Waals surface area (Å²) in [5, 5.41) is 2.00. The van der Waals surface area contributed by atoms with Gasteiger partial charge in [-0.05, 0) is 22.6 Å². The monoisotopic (exact) mass is 214 g/mol. The van der Waals surface area contributed by atoms with Crippen molar-refractivity contribution in [2.24, 2.45) is 0 Å². The molecule has 0 saturated heterocycles. The Morgan fingerprint density at radius 2 is 1.93 bits per heavy atom. The Morgan fingerprint density at radius 3 is 2.80 bits per heavy atom. The molecule has 1 heterocycles. The molecule has 1 aliphatic carbocycles. The summed E-state index contributed by atoms with van der Waals surface area (Å²) in [5.41, 5.74) is 3.49. The third-order valence-electron chi connectivity index (χ3n) is 3.00. The minimum atomic E-state index is 0.00681. The van der Waals surface area contributed by atoms with E-state index in [4.69, 9.17) is 0 Å². The highest BCUT2D eigenvalue weighted by molar-refractivity contribution is 7.12. The predicted octanol–water partition coefficient (Wildman–Crippen LogP) is 3.71. The SMILES string of the molecule is CC1C(=O)c2sccc2-c2ccccc21. The van der Waals surface area contributed by atoms with Crippen LogP contribution in [0.5, 0.6) is 0 Å². The molecule has 1 aliphatic rings. The smallest absolute Gasteiger partial charge is 0.180 e. The lowest BCUT2D eigenvalue weighted by molar-refractivity contribution is 0.0969. The van der Waals surface area contributed by atoms with Crippen LogP contribution in [0.15, 0.2) is 35.7 Å². The quantitative estimate of drug-likeness (QED) is 0.653. The molecule has 0 bridgehead atoms. The number of carbonyl (C=O) groups is 1. The van der Waals surface area contributed by atoms with Crippen LogP contribution in [0.25, 0.3) is 11.1 Å². The topological polar surface area (TPSA) is 17.1 Å². The molecular weight excluding hydrogens is 204 g/mol. The van der Waals surface area contributed by atoms with Crippen LogP contribution in [0.2, 0.25) is 0 Å². The third kappa shape index (κ3) is 1.11. The Bertz CT molecular complexity index is 539. The van der Waals surface area contributed by atoms with Gasteiger partial charge in [-0.2, -0.15) is 0 Å². The van der Waals surface area contributed by atoms with Gasteiger partial charge in [-0.15, -0.1) is 11.3 Å². The van der Waals surface area contributed by atoms with E-state index in [1.807, 2.05) is 30.5 Å². The van der Waals surface area contributed by atoms with Crippen molar-refractivity contribution in [1.29, 1.82) is 0 Å². The summed E-state index contributed by atoms with van der Waals surface area (Å²) >= 11 is 1.55. The van der Waals surface area contributed by atoms with E-state index >= 15 is 0 Å². The van der Waals surface area contributed by atoms with E-state index in [1.54, 1.807) is 11.3 Å². The zero-order valence-electron chi connectivity index (χ0n) is 8.36. The van der Waals surface area contributed by atoms with E-state index in [0.717, 1.165) is 16.0 Å². The molecule has 1 unspecified atom stereocenters. The van der Waals surface area contributed by atoms with Gasteiger partial charge in [-0.25, -0.2) is 0 Å². The highest BCUT2D eigenvalue weighted by Gasteiger charge is 2.29. The van der Waals surface area contributed by atoms with E-state index < -0.39 is 0 Å². The Morgan fingerprint density at radius 1 is 1.13 bits per heavy atom. The maximum atomic E-state index is 12.1. The summed E-state index contributed by atoms with van der Waals surface area (Å²) in [4.78, 5) is 13.0. The Labute approximate surface area is 92.4 Å². The lowest BCUT2D eigenvalue weighted by atomic mass is 9.83. The average molecular weight is 214 g/mol. The second-order valence-corrected chi connectivity index (χ2v) is 4.75. The molecule has 0 spiro atoms. The van der Waals surface area contributed by atoms with E-state index in [0.29, 0.717) is 0 Å². The van der Waals surface area contributed by atoms with Crippen LogP contribution < -0.4 is 0 Å². The van der Waals surface area contributed by atoms with E-state index in [9.17, 15) is 4.79 Å². The zero-order chi connectivity index (χ0) is 10.4. The van der Waals surface area contributed by atoms with E-state index in [1.165, 1.54) is 5.56 Å². The highest BCUT2D eigenvalue weighted by atomic mass is 32.1. The van der Waals surface area contributed by atoms with Crippen LogP contribution in [-0.4, -0.2) is 5.78 Å². The lowest BCUT2D eigenvalue weighted by Gasteiger charge is -2.21. The number of rotatable bonds is 0. The van der Waals surface area contributed by atoms with Crippen molar-refractivity contribution in [2.45, 2.75) is 12.8 Å². The van der Waals surface area contributed by atoms with Crippen LogP contribution in [-0.2, 0) is 0 Å². The molecule has 0 aliphatic heterocycles. The maximum absolute atomic E-state index is 12.1. The molecule has 0 radical (unpaired) electrons. The number of thiophene rings is 1.